The van der Waals surface area contributed by atoms with Gasteiger partial charge in [-0.05, 0) is 18.2 Å². The molecule has 0 unspecified atom stereocenters. The Morgan fingerprint density at radius 2 is 1.35 bits per heavy atom. The van der Waals surface area contributed by atoms with E-state index in [-0.39, 0.29) is 22.6 Å². The maximum Gasteiger partial charge on any atom is 0.308 e. The van der Waals surface area contributed by atoms with Gasteiger partial charge in [-0.2, -0.15) is 0 Å². The number of hydrogen-bond acceptors (Lipinski definition) is 7. The summed E-state index contributed by atoms with van der Waals surface area (Å²) in [6.07, 6.45) is 0. The maximum absolute atomic E-state index is 10.6. The average molecular weight is 315 g/mol. The Hall–Kier alpha value is -3.35. The minimum absolute atomic E-state index is 0.00926. The first-order chi connectivity index (χ1) is 10.8. The Labute approximate surface area is 131 Å². The minimum atomic E-state index is -1.36. The van der Waals surface area contributed by atoms with Crippen LogP contribution in [0.3, 0.4) is 0 Å². The molecule has 0 spiro atoms. The average Bonchev–Trinajstić information content (AvgIpc) is 2.47. The second kappa shape index (κ2) is 8.18. The quantitative estimate of drug-likeness (QED) is 0.463. The Morgan fingerprint density at radius 1 is 0.870 bits per heavy atom. The first-order valence-corrected chi connectivity index (χ1v) is 6.37. The van der Waals surface area contributed by atoms with Crippen LogP contribution in [0.15, 0.2) is 48.5 Å². The number of ether oxygens (including phenoxy) is 1. The summed E-state index contributed by atoms with van der Waals surface area (Å²) in [7, 11) is 0. The molecular weight excluding hydrogens is 302 g/mol. The van der Waals surface area contributed by atoms with Gasteiger partial charge in [0.25, 0.3) is 0 Å². The van der Waals surface area contributed by atoms with Crippen LogP contribution in [-0.2, 0) is 4.79 Å². The third-order valence-electron chi connectivity index (χ3n) is 2.54. The van der Waals surface area contributed by atoms with Gasteiger partial charge in [0.15, 0.2) is 0 Å². The van der Waals surface area contributed by atoms with Crippen molar-refractivity contribution in [3.63, 3.8) is 0 Å². The van der Waals surface area contributed by atoms with Crippen molar-refractivity contribution in [1.29, 1.82) is 0 Å². The molecule has 0 saturated carbocycles. The highest BCUT2D eigenvalue weighted by molar-refractivity contribution is 5.92. The minimum Gasteiger partial charge on any atom is -0.545 e. The van der Waals surface area contributed by atoms with Gasteiger partial charge in [0, 0.05) is 23.7 Å². The molecule has 0 aliphatic carbocycles. The highest BCUT2D eigenvalue weighted by Crippen LogP contribution is 2.16. The van der Waals surface area contributed by atoms with Crippen LogP contribution in [0.4, 0.5) is 5.69 Å². The standard InChI is InChI=1S/C9H8O4.C7H7NO2/c1-6(10)13-8-5-3-2-4-7(8)9(11)12;8-6-4-2-1-3-5(6)7(9)10/h2-5H,1H3,(H,11,12);1-4H,8H2,(H,9,10)/p-2. The summed E-state index contributed by atoms with van der Waals surface area (Å²) in [6, 6.07) is 12.0. The van der Waals surface area contributed by atoms with Crippen molar-refractivity contribution in [2.45, 2.75) is 6.92 Å². The van der Waals surface area contributed by atoms with Crippen molar-refractivity contribution in [3.05, 3.63) is 59.7 Å². The largest absolute Gasteiger partial charge is 0.545 e. The smallest absolute Gasteiger partial charge is 0.308 e. The Balaban J connectivity index is 0.000000238. The van der Waals surface area contributed by atoms with Crippen LogP contribution in [0.5, 0.6) is 5.75 Å². The third-order valence-corrected chi connectivity index (χ3v) is 2.54. The number of carboxylic acids is 2. The fourth-order valence-electron chi connectivity index (χ4n) is 1.56. The first kappa shape index (κ1) is 17.7. The lowest BCUT2D eigenvalue weighted by molar-refractivity contribution is -0.256. The second-order valence-electron chi connectivity index (χ2n) is 4.25. The van der Waals surface area contributed by atoms with E-state index in [1.807, 2.05) is 0 Å². The van der Waals surface area contributed by atoms with Gasteiger partial charge < -0.3 is 30.3 Å². The second-order valence-corrected chi connectivity index (χ2v) is 4.25. The number of carbonyl (C=O) groups excluding carboxylic acids is 3. The lowest BCUT2D eigenvalue weighted by Gasteiger charge is -2.08. The summed E-state index contributed by atoms with van der Waals surface area (Å²) in [5, 5.41) is 20.7. The zero-order chi connectivity index (χ0) is 17.4. The van der Waals surface area contributed by atoms with E-state index in [1.165, 1.54) is 37.3 Å². The van der Waals surface area contributed by atoms with Gasteiger partial charge in [0.1, 0.15) is 5.75 Å². The summed E-state index contributed by atoms with van der Waals surface area (Å²) < 4.78 is 4.65. The van der Waals surface area contributed by atoms with Gasteiger partial charge in [-0.3, -0.25) is 4.79 Å². The van der Waals surface area contributed by atoms with Crippen molar-refractivity contribution in [1.82, 2.24) is 0 Å². The van der Waals surface area contributed by atoms with E-state index < -0.39 is 17.9 Å². The van der Waals surface area contributed by atoms with Gasteiger partial charge in [-0.25, -0.2) is 0 Å². The van der Waals surface area contributed by atoms with Gasteiger partial charge in [0.05, 0.1) is 11.9 Å². The molecule has 7 heteroatoms. The fraction of sp³-hybridized carbons (Fsp3) is 0.0625. The molecular formula is C16H13NO6-2. The molecule has 2 aromatic rings. The number of anilines is 1. The molecule has 0 bridgehead atoms. The number of hydrogen-bond donors (Lipinski definition) is 1. The number of benzene rings is 2. The lowest BCUT2D eigenvalue weighted by atomic mass is 10.2. The summed E-state index contributed by atoms with van der Waals surface area (Å²) in [5.41, 5.74) is 5.46. The van der Waals surface area contributed by atoms with Gasteiger partial charge in [-0.15, -0.1) is 0 Å². The molecule has 0 amide bonds. The summed E-state index contributed by atoms with van der Waals surface area (Å²) in [6.45, 7) is 1.20. The summed E-state index contributed by atoms with van der Waals surface area (Å²) in [5.74, 6) is -3.15. The van der Waals surface area contributed by atoms with Crippen molar-refractivity contribution >= 4 is 23.6 Å². The number of aromatic carboxylic acids is 2. The topological polar surface area (TPSA) is 133 Å². The monoisotopic (exact) mass is 315 g/mol. The van der Waals surface area contributed by atoms with Crippen LogP contribution >= 0.6 is 0 Å². The normalized spacial score (nSPS) is 9.26. The van der Waals surface area contributed by atoms with E-state index in [2.05, 4.69) is 4.74 Å². The number of rotatable bonds is 3. The molecule has 0 heterocycles. The van der Waals surface area contributed by atoms with E-state index in [0.717, 1.165) is 0 Å². The highest BCUT2D eigenvalue weighted by Gasteiger charge is 2.05. The predicted octanol–water partition coefficient (Wildman–Crippen LogP) is -0.392. The van der Waals surface area contributed by atoms with E-state index in [0.29, 0.717) is 0 Å². The third kappa shape index (κ3) is 5.50. The number of nitrogen functional groups attached to an aromatic ring is 1. The molecule has 0 saturated heterocycles. The molecule has 0 aromatic heterocycles. The van der Waals surface area contributed by atoms with Crippen molar-refractivity contribution in [3.8, 4) is 5.75 Å². The van der Waals surface area contributed by atoms with E-state index in [4.69, 9.17) is 5.73 Å². The van der Waals surface area contributed by atoms with Crippen LogP contribution in [-0.4, -0.2) is 17.9 Å². The highest BCUT2D eigenvalue weighted by atomic mass is 16.5. The number of nitrogens with two attached hydrogens (primary N) is 1. The Kier molecular flexibility index (Phi) is 6.30. The zero-order valence-corrected chi connectivity index (χ0v) is 12.1. The molecule has 0 aliphatic heterocycles. The fourth-order valence-corrected chi connectivity index (χ4v) is 1.56. The molecule has 0 atom stereocenters. The SMILES string of the molecule is CC(=O)Oc1ccccc1C(=O)[O-].Nc1ccccc1C(=O)[O-]. The molecule has 7 nitrogen and oxygen atoms in total. The van der Waals surface area contributed by atoms with Gasteiger partial charge in [0.2, 0.25) is 0 Å². The van der Waals surface area contributed by atoms with Gasteiger partial charge in [-0.1, -0.05) is 30.3 Å². The first-order valence-electron chi connectivity index (χ1n) is 6.37. The molecule has 23 heavy (non-hydrogen) atoms. The summed E-state index contributed by atoms with van der Waals surface area (Å²) in [4.78, 5) is 31.3. The molecule has 0 aliphatic rings. The molecule has 2 rings (SSSR count). The van der Waals surface area contributed by atoms with Crippen LogP contribution < -0.4 is 20.7 Å². The molecule has 0 fully saturated rings. The molecule has 120 valence electrons. The summed E-state index contributed by atoms with van der Waals surface area (Å²) >= 11 is 0. The number of esters is 1. The van der Waals surface area contributed by atoms with E-state index >= 15 is 0 Å². The Morgan fingerprint density at radius 3 is 1.78 bits per heavy atom. The van der Waals surface area contributed by atoms with Crippen molar-refractivity contribution in [2.24, 2.45) is 0 Å². The Bertz CT molecular complexity index is 726. The maximum atomic E-state index is 10.6. The number of para-hydroxylation sites is 2. The van der Waals surface area contributed by atoms with Crippen LogP contribution in [0, 0.1) is 0 Å². The molecule has 0 radical (unpaired) electrons. The van der Waals surface area contributed by atoms with Gasteiger partial charge >= 0.3 is 5.97 Å². The van der Waals surface area contributed by atoms with Crippen LogP contribution in [0.2, 0.25) is 0 Å². The number of carbonyl (C=O) groups is 3. The predicted molar refractivity (Wildman–Crippen MR) is 77.3 cm³/mol. The van der Waals surface area contributed by atoms with Crippen LogP contribution in [0.1, 0.15) is 27.6 Å². The van der Waals surface area contributed by atoms with E-state index in [9.17, 15) is 24.6 Å². The van der Waals surface area contributed by atoms with Crippen molar-refractivity contribution in [2.75, 3.05) is 5.73 Å². The van der Waals surface area contributed by atoms with E-state index in [1.54, 1.807) is 18.2 Å². The molecule has 2 aromatic carbocycles. The zero-order valence-electron chi connectivity index (χ0n) is 12.1. The molecule has 2 N–H and O–H groups in total. The van der Waals surface area contributed by atoms with Crippen molar-refractivity contribution < 1.29 is 29.3 Å². The number of carboxylic acid groups (broad SMARTS) is 2. The lowest BCUT2D eigenvalue weighted by Crippen LogP contribution is -2.23. The van der Waals surface area contributed by atoms with Crippen LogP contribution in [0.25, 0.3) is 0 Å².